The second kappa shape index (κ2) is 5.76. The number of hydrogen-bond donors (Lipinski definition) is 1. The van der Waals surface area contributed by atoms with Crippen LogP contribution in [-0.4, -0.2) is 21.3 Å². The van der Waals surface area contributed by atoms with Crippen molar-refractivity contribution in [3.63, 3.8) is 0 Å². The molecular formula is C12H9N3OS2. The molecule has 6 heteroatoms. The maximum absolute atomic E-state index is 9.75. The molecule has 0 saturated carbocycles. The molecule has 0 saturated heterocycles. The second-order valence-electron chi connectivity index (χ2n) is 3.28. The third-order valence-corrected chi connectivity index (χ3v) is 3.69. The van der Waals surface area contributed by atoms with Crippen molar-refractivity contribution in [3.05, 3.63) is 36.0 Å². The molecule has 2 aromatic rings. The summed E-state index contributed by atoms with van der Waals surface area (Å²) in [6, 6.07) is 9.17. The summed E-state index contributed by atoms with van der Waals surface area (Å²) in [7, 11) is 0. The van der Waals surface area contributed by atoms with Gasteiger partial charge in [-0.2, -0.15) is 10.2 Å². The maximum Gasteiger partial charge on any atom is 0.229 e. The molecule has 90 valence electrons. The van der Waals surface area contributed by atoms with Crippen LogP contribution in [0.15, 0.2) is 45.4 Å². The van der Waals surface area contributed by atoms with Crippen molar-refractivity contribution >= 4 is 23.5 Å². The summed E-state index contributed by atoms with van der Waals surface area (Å²) in [4.78, 5) is 9.58. The van der Waals surface area contributed by atoms with Gasteiger partial charge in [-0.05, 0) is 30.5 Å². The molecule has 1 heterocycles. The fourth-order valence-electron chi connectivity index (χ4n) is 1.24. The molecule has 0 bridgehead atoms. The van der Waals surface area contributed by atoms with Crippen molar-refractivity contribution in [3.8, 4) is 11.9 Å². The minimum absolute atomic E-state index is 0.0243. The third-order valence-electron chi connectivity index (χ3n) is 2.11. The summed E-state index contributed by atoms with van der Waals surface area (Å²) < 4.78 is 0. The molecule has 1 aromatic heterocycles. The van der Waals surface area contributed by atoms with Crippen molar-refractivity contribution < 1.29 is 5.11 Å². The predicted molar refractivity (Wildman–Crippen MR) is 70.8 cm³/mol. The van der Waals surface area contributed by atoms with Gasteiger partial charge in [-0.25, -0.2) is 4.98 Å². The lowest BCUT2D eigenvalue weighted by molar-refractivity contribution is 0.430. The summed E-state index contributed by atoms with van der Waals surface area (Å²) in [5.41, 5.74) is 0.609. The Kier molecular flexibility index (Phi) is 4.07. The fourth-order valence-corrected chi connectivity index (χ4v) is 2.35. The number of hydrogen-bond acceptors (Lipinski definition) is 6. The molecule has 0 unspecified atom stereocenters. The molecule has 4 nitrogen and oxygen atoms in total. The van der Waals surface area contributed by atoms with Gasteiger partial charge in [0.15, 0.2) is 5.16 Å². The molecule has 1 aromatic carbocycles. The van der Waals surface area contributed by atoms with Crippen LogP contribution in [0.3, 0.4) is 0 Å². The molecule has 1 N–H and O–H groups in total. The van der Waals surface area contributed by atoms with Crippen LogP contribution in [0.25, 0.3) is 0 Å². The first kappa shape index (κ1) is 12.7. The monoisotopic (exact) mass is 275 g/mol. The smallest absolute Gasteiger partial charge is 0.229 e. The standard InChI is InChI=1S/C12H9N3OS2/c1-17-12-14-7-10(11(16)15-12)18-9-4-2-8(6-13)3-5-9/h2-5,7H,1H3,(H,14,15,16). The highest BCUT2D eigenvalue weighted by Crippen LogP contribution is 2.33. The van der Waals surface area contributed by atoms with E-state index in [2.05, 4.69) is 16.0 Å². The minimum atomic E-state index is -0.0243. The minimum Gasteiger partial charge on any atom is -0.492 e. The molecule has 0 spiro atoms. The molecular weight excluding hydrogens is 266 g/mol. The Bertz CT molecular complexity index is 593. The van der Waals surface area contributed by atoms with Gasteiger partial charge in [0.2, 0.25) is 5.88 Å². The number of nitriles is 1. The quantitative estimate of drug-likeness (QED) is 0.686. The van der Waals surface area contributed by atoms with E-state index < -0.39 is 0 Å². The first-order chi connectivity index (χ1) is 8.72. The van der Waals surface area contributed by atoms with E-state index in [1.165, 1.54) is 23.5 Å². The van der Waals surface area contributed by atoms with Crippen LogP contribution in [0.1, 0.15) is 5.56 Å². The van der Waals surface area contributed by atoms with Crippen LogP contribution in [-0.2, 0) is 0 Å². The van der Waals surface area contributed by atoms with Crippen molar-refractivity contribution in [1.82, 2.24) is 9.97 Å². The van der Waals surface area contributed by atoms with E-state index in [0.717, 1.165) is 4.90 Å². The van der Waals surface area contributed by atoms with E-state index in [4.69, 9.17) is 5.26 Å². The number of aromatic nitrogens is 2. The number of aromatic hydroxyl groups is 1. The number of rotatable bonds is 3. The van der Waals surface area contributed by atoms with Crippen molar-refractivity contribution in [1.29, 1.82) is 5.26 Å². The van der Waals surface area contributed by atoms with Crippen LogP contribution < -0.4 is 0 Å². The Morgan fingerprint density at radius 2 is 2.00 bits per heavy atom. The van der Waals surface area contributed by atoms with E-state index in [0.29, 0.717) is 15.6 Å². The second-order valence-corrected chi connectivity index (χ2v) is 5.17. The van der Waals surface area contributed by atoms with Gasteiger partial charge in [0.1, 0.15) is 0 Å². The summed E-state index contributed by atoms with van der Waals surface area (Å²) in [5.74, 6) is -0.0243. The van der Waals surface area contributed by atoms with Gasteiger partial charge < -0.3 is 5.11 Å². The highest BCUT2D eigenvalue weighted by molar-refractivity contribution is 7.99. The SMILES string of the molecule is CSc1ncc(Sc2ccc(C#N)cc2)c(O)n1. The predicted octanol–water partition coefficient (Wildman–Crippen LogP) is 2.93. The molecule has 2 rings (SSSR count). The molecule has 0 radical (unpaired) electrons. The molecule has 0 amide bonds. The molecule has 0 atom stereocenters. The van der Waals surface area contributed by atoms with Gasteiger partial charge in [-0.3, -0.25) is 0 Å². The van der Waals surface area contributed by atoms with Gasteiger partial charge >= 0.3 is 0 Å². The Balaban J connectivity index is 2.20. The number of nitrogens with zero attached hydrogens (tertiary/aromatic N) is 3. The van der Waals surface area contributed by atoms with Crippen LogP contribution >= 0.6 is 23.5 Å². The normalized spacial score (nSPS) is 10.0. The molecule has 0 fully saturated rings. The average Bonchev–Trinajstić information content (AvgIpc) is 2.42. The molecule has 0 aliphatic heterocycles. The zero-order valence-electron chi connectivity index (χ0n) is 9.49. The van der Waals surface area contributed by atoms with Crippen molar-refractivity contribution in [2.24, 2.45) is 0 Å². The van der Waals surface area contributed by atoms with Gasteiger partial charge in [0.05, 0.1) is 16.5 Å². The van der Waals surface area contributed by atoms with Crippen LogP contribution in [0.2, 0.25) is 0 Å². The van der Waals surface area contributed by atoms with E-state index >= 15 is 0 Å². The number of benzene rings is 1. The fraction of sp³-hybridized carbons (Fsp3) is 0.0833. The van der Waals surface area contributed by atoms with Crippen LogP contribution in [0.4, 0.5) is 0 Å². The Labute approximate surface area is 113 Å². The average molecular weight is 275 g/mol. The lowest BCUT2D eigenvalue weighted by Gasteiger charge is -2.04. The zero-order chi connectivity index (χ0) is 13.0. The highest BCUT2D eigenvalue weighted by atomic mass is 32.2. The summed E-state index contributed by atoms with van der Waals surface area (Å²) >= 11 is 2.73. The lowest BCUT2D eigenvalue weighted by atomic mass is 10.2. The Morgan fingerprint density at radius 3 is 2.56 bits per heavy atom. The first-order valence-corrected chi connectivity index (χ1v) is 7.05. The van der Waals surface area contributed by atoms with Crippen molar-refractivity contribution in [2.45, 2.75) is 14.9 Å². The summed E-state index contributed by atoms with van der Waals surface area (Å²) in [6.07, 6.45) is 3.44. The topological polar surface area (TPSA) is 69.8 Å². The van der Waals surface area contributed by atoms with E-state index in [1.54, 1.807) is 18.3 Å². The Morgan fingerprint density at radius 1 is 1.28 bits per heavy atom. The van der Waals surface area contributed by atoms with Crippen LogP contribution in [0.5, 0.6) is 5.88 Å². The van der Waals surface area contributed by atoms with E-state index in [9.17, 15) is 5.11 Å². The van der Waals surface area contributed by atoms with Gasteiger partial charge in [-0.1, -0.05) is 23.5 Å². The van der Waals surface area contributed by atoms with Crippen LogP contribution in [0, 0.1) is 11.3 Å². The molecule has 0 aliphatic carbocycles. The lowest BCUT2D eigenvalue weighted by Crippen LogP contribution is -1.87. The van der Waals surface area contributed by atoms with Gasteiger partial charge in [0, 0.05) is 11.1 Å². The first-order valence-electron chi connectivity index (χ1n) is 5.01. The maximum atomic E-state index is 9.75. The summed E-state index contributed by atoms with van der Waals surface area (Å²) in [5, 5.41) is 19.0. The number of thioether (sulfide) groups is 1. The highest BCUT2D eigenvalue weighted by Gasteiger charge is 2.07. The summed E-state index contributed by atoms with van der Waals surface area (Å²) in [6.45, 7) is 0. The molecule has 0 aliphatic rings. The van der Waals surface area contributed by atoms with E-state index in [1.807, 2.05) is 18.4 Å². The Hall–Kier alpha value is -1.71. The zero-order valence-corrected chi connectivity index (χ0v) is 11.1. The largest absolute Gasteiger partial charge is 0.492 e. The third kappa shape index (κ3) is 2.94. The molecule has 18 heavy (non-hydrogen) atoms. The van der Waals surface area contributed by atoms with Crippen molar-refractivity contribution in [2.75, 3.05) is 6.26 Å². The van der Waals surface area contributed by atoms with E-state index in [-0.39, 0.29) is 5.88 Å². The van der Waals surface area contributed by atoms with Gasteiger partial charge in [-0.15, -0.1) is 0 Å². The van der Waals surface area contributed by atoms with Gasteiger partial charge in [0.25, 0.3) is 0 Å².